The van der Waals surface area contributed by atoms with E-state index in [4.69, 9.17) is 16.3 Å². The largest absolute Gasteiger partial charge is 0.454 e. The van der Waals surface area contributed by atoms with E-state index < -0.39 is 0 Å². The Kier molecular flexibility index (Phi) is 3.86. The standard InChI is InChI=1S/C12H15ClO2S2/c1-12(2,3)8-6-7(13)9(10(14)15-8)11-16-4-5-17-11/h6,8H,4-5H2,1-3H3. The van der Waals surface area contributed by atoms with Gasteiger partial charge in [0.25, 0.3) is 0 Å². The van der Waals surface area contributed by atoms with Crippen LogP contribution in [0.1, 0.15) is 20.8 Å². The molecule has 1 unspecified atom stereocenters. The maximum atomic E-state index is 12.0. The van der Waals surface area contributed by atoms with Crippen molar-refractivity contribution in [2.45, 2.75) is 26.9 Å². The van der Waals surface area contributed by atoms with Gasteiger partial charge in [-0.3, -0.25) is 0 Å². The average molecular weight is 291 g/mol. The monoisotopic (exact) mass is 290 g/mol. The highest BCUT2D eigenvalue weighted by molar-refractivity contribution is 8.25. The highest BCUT2D eigenvalue weighted by Crippen LogP contribution is 2.44. The molecule has 0 amide bonds. The third kappa shape index (κ3) is 2.85. The van der Waals surface area contributed by atoms with Gasteiger partial charge in [-0.15, -0.1) is 23.5 Å². The van der Waals surface area contributed by atoms with Crippen molar-refractivity contribution in [1.29, 1.82) is 0 Å². The number of thioether (sulfide) groups is 2. The van der Waals surface area contributed by atoms with Gasteiger partial charge in [0.2, 0.25) is 0 Å². The minimum absolute atomic E-state index is 0.123. The molecule has 2 rings (SSSR count). The highest BCUT2D eigenvalue weighted by atomic mass is 35.5. The van der Waals surface area contributed by atoms with E-state index in [2.05, 4.69) is 0 Å². The van der Waals surface area contributed by atoms with Crippen molar-refractivity contribution in [2.24, 2.45) is 5.41 Å². The number of ether oxygens (including phenoxy) is 1. The Hall–Kier alpha value is -0.0600. The third-order valence-electron chi connectivity index (χ3n) is 2.58. The Morgan fingerprint density at radius 1 is 1.35 bits per heavy atom. The lowest BCUT2D eigenvalue weighted by Crippen LogP contribution is -2.33. The Labute approximate surface area is 115 Å². The van der Waals surface area contributed by atoms with Crippen LogP contribution in [0.3, 0.4) is 0 Å². The van der Waals surface area contributed by atoms with E-state index in [1.165, 1.54) is 0 Å². The molecule has 0 saturated carbocycles. The van der Waals surface area contributed by atoms with E-state index in [-0.39, 0.29) is 17.5 Å². The zero-order valence-electron chi connectivity index (χ0n) is 10.1. The number of cyclic esters (lactones) is 1. The van der Waals surface area contributed by atoms with Gasteiger partial charge in [-0.2, -0.15) is 0 Å². The molecule has 2 aliphatic heterocycles. The SMILES string of the molecule is CC(C)(C)C1C=C(Cl)C(=C2SCCS2)C(=O)O1. The lowest BCUT2D eigenvalue weighted by atomic mass is 9.87. The molecule has 94 valence electrons. The smallest absolute Gasteiger partial charge is 0.341 e. The molecule has 0 aromatic rings. The van der Waals surface area contributed by atoms with Gasteiger partial charge < -0.3 is 4.74 Å². The molecular formula is C12H15ClO2S2. The molecule has 1 fully saturated rings. The molecule has 0 N–H and O–H groups in total. The van der Waals surface area contributed by atoms with Gasteiger partial charge in [-0.05, 0) is 6.08 Å². The van der Waals surface area contributed by atoms with Crippen LogP contribution in [0.4, 0.5) is 0 Å². The summed E-state index contributed by atoms with van der Waals surface area (Å²) in [7, 11) is 0. The van der Waals surface area contributed by atoms with E-state index >= 15 is 0 Å². The van der Waals surface area contributed by atoms with Crippen LogP contribution >= 0.6 is 35.1 Å². The van der Waals surface area contributed by atoms with Gasteiger partial charge in [0.05, 0.1) is 14.8 Å². The lowest BCUT2D eigenvalue weighted by molar-refractivity contribution is -0.147. The van der Waals surface area contributed by atoms with Gasteiger partial charge in [0.1, 0.15) is 6.10 Å². The van der Waals surface area contributed by atoms with Crippen LogP contribution in [-0.2, 0) is 9.53 Å². The highest BCUT2D eigenvalue weighted by Gasteiger charge is 2.35. The second-order valence-electron chi connectivity index (χ2n) is 5.07. The quantitative estimate of drug-likeness (QED) is 0.501. The summed E-state index contributed by atoms with van der Waals surface area (Å²) in [6, 6.07) is 0. The van der Waals surface area contributed by atoms with E-state index in [1.807, 2.05) is 26.8 Å². The summed E-state index contributed by atoms with van der Waals surface area (Å²) in [6.45, 7) is 6.09. The molecule has 2 heterocycles. The van der Waals surface area contributed by atoms with Crippen LogP contribution < -0.4 is 0 Å². The van der Waals surface area contributed by atoms with Crippen molar-refractivity contribution >= 4 is 41.1 Å². The maximum absolute atomic E-state index is 12.0. The summed E-state index contributed by atoms with van der Waals surface area (Å²) in [5.41, 5.74) is 0.432. The summed E-state index contributed by atoms with van der Waals surface area (Å²) in [4.78, 5) is 12.0. The van der Waals surface area contributed by atoms with Crippen LogP contribution in [0, 0.1) is 5.41 Å². The summed E-state index contributed by atoms with van der Waals surface area (Å²) < 4.78 is 6.47. The summed E-state index contributed by atoms with van der Waals surface area (Å²) >= 11 is 9.60. The molecule has 0 radical (unpaired) electrons. The third-order valence-corrected chi connectivity index (χ3v) is 5.61. The zero-order valence-corrected chi connectivity index (χ0v) is 12.5. The van der Waals surface area contributed by atoms with Crippen molar-refractivity contribution in [2.75, 3.05) is 11.5 Å². The predicted molar refractivity (Wildman–Crippen MR) is 75.2 cm³/mol. The topological polar surface area (TPSA) is 26.3 Å². The van der Waals surface area contributed by atoms with Crippen molar-refractivity contribution in [3.05, 3.63) is 20.9 Å². The Morgan fingerprint density at radius 3 is 2.41 bits per heavy atom. The first kappa shape index (κ1) is 13.4. The number of esters is 1. The molecule has 1 atom stereocenters. The molecular weight excluding hydrogens is 276 g/mol. The first-order valence-corrected chi connectivity index (χ1v) is 7.83. The fourth-order valence-electron chi connectivity index (χ4n) is 1.58. The first-order chi connectivity index (χ1) is 7.89. The van der Waals surface area contributed by atoms with Crippen LogP contribution in [0.25, 0.3) is 0 Å². The number of halogens is 1. The second kappa shape index (κ2) is 4.90. The number of hydrogen-bond donors (Lipinski definition) is 0. The maximum Gasteiger partial charge on any atom is 0.341 e. The van der Waals surface area contributed by atoms with Gasteiger partial charge >= 0.3 is 5.97 Å². The van der Waals surface area contributed by atoms with Crippen molar-refractivity contribution < 1.29 is 9.53 Å². The van der Waals surface area contributed by atoms with Gasteiger partial charge in [0.15, 0.2) is 0 Å². The summed E-state index contributed by atoms with van der Waals surface area (Å²) in [5.74, 6) is 1.78. The molecule has 2 nitrogen and oxygen atoms in total. The van der Waals surface area contributed by atoms with Crippen LogP contribution in [-0.4, -0.2) is 23.6 Å². The molecule has 2 aliphatic rings. The molecule has 5 heteroatoms. The number of hydrogen-bond acceptors (Lipinski definition) is 4. The van der Waals surface area contributed by atoms with Gasteiger partial charge in [-0.1, -0.05) is 32.4 Å². The first-order valence-electron chi connectivity index (χ1n) is 5.48. The van der Waals surface area contributed by atoms with Crippen LogP contribution in [0.2, 0.25) is 0 Å². The molecule has 0 aromatic heterocycles. The van der Waals surface area contributed by atoms with E-state index in [9.17, 15) is 4.79 Å². The van der Waals surface area contributed by atoms with E-state index in [1.54, 1.807) is 23.5 Å². The van der Waals surface area contributed by atoms with Crippen molar-refractivity contribution in [3.63, 3.8) is 0 Å². The predicted octanol–water partition coefficient (Wildman–Crippen LogP) is 3.77. The van der Waals surface area contributed by atoms with Crippen LogP contribution in [0.5, 0.6) is 0 Å². The van der Waals surface area contributed by atoms with Gasteiger partial charge in [0, 0.05) is 16.9 Å². The molecule has 0 bridgehead atoms. The summed E-state index contributed by atoms with van der Waals surface area (Å²) in [6.07, 6.45) is 1.60. The minimum Gasteiger partial charge on any atom is -0.454 e. The van der Waals surface area contributed by atoms with Crippen molar-refractivity contribution in [1.82, 2.24) is 0 Å². The average Bonchev–Trinajstić information content (AvgIpc) is 2.68. The Balaban J connectivity index is 2.34. The molecule has 17 heavy (non-hydrogen) atoms. The number of carbonyl (C=O) groups is 1. The van der Waals surface area contributed by atoms with E-state index in [0.29, 0.717) is 10.6 Å². The zero-order chi connectivity index (χ0) is 12.6. The van der Waals surface area contributed by atoms with E-state index in [0.717, 1.165) is 15.7 Å². The Bertz CT molecular complexity index is 399. The molecule has 0 aliphatic carbocycles. The Morgan fingerprint density at radius 2 is 1.94 bits per heavy atom. The second-order valence-corrected chi connectivity index (χ2v) is 7.94. The molecule has 0 spiro atoms. The minimum atomic E-state index is -0.283. The fraction of sp³-hybridized carbons (Fsp3) is 0.583. The molecule has 1 saturated heterocycles. The summed E-state index contributed by atoms with van der Waals surface area (Å²) in [5, 5.41) is 0.540. The molecule has 0 aromatic carbocycles. The van der Waals surface area contributed by atoms with Crippen LogP contribution in [0.15, 0.2) is 20.9 Å². The fourth-order valence-corrected chi connectivity index (χ4v) is 4.53. The lowest BCUT2D eigenvalue weighted by Gasteiger charge is -2.31. The number of rotatable bonds is 0. The van der Waals surface area contributed by atoms with Crippen molar-refractivity contribution in [3.8, 4) is 0 Å². The number of carbonyl (C=O) groups excluding carboxylic acids is 1. The van der Waals surface area contributed by atoms with Gasteiger partial charge in [-0.25, -0.2) is 4.79 Å². The normalized spacial score (nSPS) is 26.0.